The SMILES string of the molecule is O=C(CN1CCc2sccc2C1)N1CCCCC1Cn1cccn1. The molecule has 0 aliphatic carbocycles. The molecule has 1 amide bonds. The van der Waals surface area contributed by atoms with Gasteiger partial charge in [-0.05, 0) is 48.8 Å². The normalized spacial score (nSPS) is 21.7. The van der Waals surface area contributed by atoms with Crippen LogP contribution in [-0.2, 0) is 24.3 Å². The summed E-state index contributed by atoms with van der Waals surface area (Å²) < 4.78 is 1.95. The van der Waals surface area contributed by atoms with Crippen LogP contribution in [-0.4, -0.2) is 51.2 Å². The molecule has 5 nitrogen and oxygen atoms in total. The van der Waals surface area contributed by atoms with Crippen molar-refractivity contribution >= 4 is 17.2 Å². The quantitative estimate of drug-likeness (QED) is 0.855. The number of carbonyl (C=O) groups is 1. The monoisotopic (exact) mass is 344 g/mol. The first-order valence-corrected chi connectivity index (χ1v) is 9.72. The standard InChI is InChI=1S/C18H24N4OS/c23-18(14-20-10-5-17-15(12-20)6-11-24-17)22-9-2-1-4-16(22)13-21-8-3-7-19-21/h3,6-8,11,16H,1-2,4-5,9-10,12-14H2. The maximum atomic E-state index is 12.9. The van der Waals surface area contributed by atoms with Crippen LogP contribution < -0.4 is 0 Å². The zero-order valence-corrected chi connectivity index (χ0v) is 14.7. The molecular formula is C18H24N4OS. The van der Waals surface area contributed by atoms with Crippen LogP contribution in [0.25, 0.3) is 0 Å². The third kappa shape index (κ3) is 3.39. The number of hydrogen-bond acceptors (Lipinski definition) is 4. The Morgan fingerprint density at radius 1 is 1.33 bits per heavy atom. The highest BCUT2D eigenvalue weighted by Crippen LogP contribution is 2.24. The van der Waals surface area contributed by atoms with E-state index in [0.29, 0.717) is 6.54 Å². The van der Waals surface area contributed by atoms with Crippen LogP contribution in [0.5, 0.6) is 0 Å². The second-order valence-corrected chi connectivity index (χ2v) is 7.80. The zero-order valence-electron chi connectivity index (χ0n) is 13.9. The van der Waals surface area contributed by atoms with E-state index in [-0.39, 0.29) is 11.9 Å². The number of thiophene rings is 1. The molecule has 4 heterocycles. The van der Waals surface area contributed by atoms with Gasteiger partial charge in [-0.15, -0.1) is 11.3 Å². The van der Waals surface area contributed by atoms with Gasteiger partial charge >= 0.3 is 0 Å². The minimum absolute atomic E-state index is 0.283. The molecule has 1 atom stereocenters. The Labute approximate surface area is 146 Å². The fourth-order valence-corrected chi connectivity index (χ4v) is 4.76. The van der Waals surface area contributed by atoms with E-state index < -0.39 is 0 Å². The Kier molecular flexibility index (Phi) is 4.67. The molecule has 0 spiro atoms. The van der Waals surface area contributed by atoms with Gasteiger partial charge in [0.2, 0.25) is 5.91 Å². The Morgan fingerprint density at radius 3 is 3.17 bits per heavy atom. The average Bonchev–Trinajstić information content (AvgIpc) is 3.26. The molecule has 2 aromatic heterocycles. The highest BCUT2D eigenvalue weighted by molar-refractivity contribution is 7.10. The molecule has 0 aromatic carbocycles. The van der Waals surface area contributed by atoms with Gasteiger partial charge < -0.3 is 4.90 Å². The van der Waals surface area contributed by atoms with Gasteiger partial charge in [0, 0.05) is 36.9 Å². The van der Waals surface area contributed by atoms with Crippen molar-refractivity contribution in [1.29, 1.82) is 0 Å². The van der Waals surface area contributed by atoms with Crippen molar-refractivity contribution in [3.05, 3.63) is 40.3 Å². The lowest BCUT2D eigenvalue weighted by Gasteiger charge is -2.37. The molecule has 4 rings (SSSR count). The third-order valence-electron chi connectivity index (χ3n) is 5.15. The molecule has 6 heteroatoms. The lowest BCUT2D eigenvalue weighted by molar-refractivity contribution is -0.136. The Bertz CT molecular complexity index is 681. The highest BCUT2D eigenvalue weighted by atomic mass is 32.1. The van der Waals surface area contributed by atoms with E-state index in [4.69, 9.17) is 0 Å². The molecule has 1 fully saturated rings. The Balaban J connectivity index is 1.39. The van der Waals surface area contributed by atoms with Gasteiger partial charge in [0.05, 0.1) is 19.1 Å². The number of carbonyl (C=O) groups excluding carboxylic acids is 1. The van der Waals surface area contributed by atoms with Crippen LogP contribution in [0.4, 0.5) is 0 Å². The third-order valence-corrected chi connectivity index (χ3v) is 6.17. The largest absolute Gasteiger partial charge is 0.337 e. The summed E-state index contributed by atoms with van der Waals surface area (Å²) in [5, 5.41) is 6.48. The summed E-state index contributed by atoms with van der Waals surface area (Å²) in [7, 11) is 0. The van der Waals surface area contributed by atoms with E-state index in [2.05, 4.69) is 26.3 Å². The topological polar surface area (TPSA) is 41.4 Å². The summed E-state index contributed by atoms with van der Waals surface area (Å²) in [4.78, 5) is 18.8. The molecule has 1 unspecified atom stereocenters. The van der Waals surface area contributed by atoms with Crippen molar-refractivity contribution in [2.24, 2.45) is 0 Å². The Morgan fingerprint density at radius 2 is 2.29 bits per heavy atom. The van der Waals surface area contributed by atoms with Gasteiger partial charge in [0.15, 0.2) is 0 Å². The van der Waals surface area contributed by atoms with Crippen molar-refractivity contribution in [3.63, 3.8) is 0 Å². The number of aromatic nitrogens is 2. The van der Waals surface area contributed by atoms with Crippen LogP contribution in [0.1, 0.15) is 29.7 Å². The second-order valence-electron chi connectivity index (χ2n) is 6.79. The van der Waals surface area contributed by atoms with Gasteiger partial charge in [0.1, 0.15) is 0 Å². The van der Waals surface area contributed by atoms with E-state index >= 15 is 0 Å². The van der Waals surface area contributed by atoms with E-state index in [1.54, 1.807) is 6.20 Å². The number of rotatable bonds is 4. The van der Waals surface area contributed by atoms with Crippen molar-refractivity contribution < 1.29 is 4.79 Å². The Hall–Kier alpha value is -1.66. The molecule has 0 N–H and O–H groups in total. The molecule has 0 bridgehead atoms. The number of nitrogens with zero attached hydrogens (tertiary/aromatic N) is 4. The molecular weight excluding hydrogens is 320 g/mol. The summed E-state index contributed by atoms with van der Waals surface area (Å²) in [6.07, 6.45) is 8.28. The number of fused-ring (bicyclic) bond motifs is 1. The molecule has 1 saturated heterocycles. The van der Waals surface area contributed by atoms with Gasteiger partial charge in [-0.25, -0.2) is 0 Å². The maximum absolute atomic E-state index is 12.9. The summed E-state index contributed by atoms with van der Waals surface area (Å²) in [6.45, 7) is 4.17. The first-order valence-electron chi connectivity index (χ1n) is 8.84. The lowest BCUT2D eigenvalue weighted by atomic mass is 10.0. The van der Waals surface area contributed by atoms with Crippen LogP contribution in [0.2, 0.25) is 0 Å². The summed E-state index contributed by atoms with van der Waals surface area (Å²) in [5.74, 6) is 0.283. The van der Waals surface area contributed by atoms with Crippen molar-refractivity contribution in [2.75, 3.05) is 19.6 Å². The van der Waals surface area contributed by atoms with Crippen molar-refractivity contribution in [2.45, 2.75) is 44.8 Å². The molecule has 0 saturated carbocycles. The van der Waals surface area contributed by atoms with Gasteiger partial charge in [0.25, 0.3) is 0 Å². The summed E-state index contributed by atoms with van der Waals surface area (Å²) >= 11 is 1.85. The summed E-state index contributed by atoms with van der Waals surface area (Å²) in [5.41, 5.74) is 1.41. The minimum Gasteiger partial charge on any atom is -0.337 e. The molecule has 2 aromatic rings. The maximum Gasteiger partial charge on any atom is 0.237 e. The molecule has 0 radical (unpaired) electrons. The second kappa shape index (κ2) is 7.07. The smallest absolute Gasteiger partial charge is 0.237 e. The number of likely N-dealkylation sites (tertiary alicyclic amines) is 1. The molecule has 2 aliphatic rings. The zero-order chi connectivity index (χ0) is 16.4. The van der Waals surface area contributed by atoms with Gasteiger partial charge in [-0.2, -0.15) is 5.10 Å². The molecule has 128 valence electrons. The highest BCUT2D eigenvalue weighted by Gasteiger charge is 2.29. The van der Waals surface area contributed by atoms with Crippen molar-refractivity contribution in [3.8, 4) is 0 Å². The van der Waals surface area contributed by atoms with Crippen LogP contribution in [0, 0.1) is 0 Å². The predicted molar refractivity (Wildman–Crippen MR) is 94.9 cm³/mol. The van der Waals surface area contributed by atoms with Crippen LogP contribution in [0.3, 0.4) is 0 Å². The van der Waals surface area contributed by atoms with E-state index in [0.717, 1.165) is 45.4 Å². The van der Waals surface area contributed by atoms with E-state index in [1.165, 1.54) is 16.9 Å². The van der Waals surface area contributed by atoms with Crippen LogP contribution >= 0.6 is 11.3 Å². The number of piperidine rings is 1. The average molecular weight is 344 g/mol. The van der Waals surface area contributed by atoms with Gasteiger partial charge in [-0.1, -0.05) is 0 Å². The van der Waals surface area contributed by atoms with Crippen molar-refractivity contribution in [1.82, 2.24) is 19.6 Å². The number of amides is 1. The number of hydrogen-bond donors (Lipinski definition) is 0. The lowest BCUT2D eigenvalue weighted by Crippen LogP contribution is -2.50. The molecule has 24 heavy (non-hydrogen) atoms. The van der Waals surface area contributed by atoms with Gasteiger partial charge in [-0.3, -0.25) is 14.4 Å². The fraction of sp³-hybridized carbons (Fsp3) is 0.556. The molecule has 2 aliphatic heterocycles. The predicted octanol–water partition coefficient (Wildman–Crippen LogP) is 2.38. The fourth-order valence-electron chi connectivity index (χ4n) is 3.87. The van der Waals surface area contributed by atoms with E-state index in [1.807, 2.05) is 28.3 Å². The van der Waals surface area contributed by atoms with Crippen LogP contribution in [0.15, 0.2) is 29.9 Å². The van der Waals surface area contributed by atoms with E-state index in [9.17, 15) is 4.79 Å². The minimum atomic E-state index is 0.283. The summed E-state index contributed by atoms with van der Waals surface area (Å²) in [6, 6.07) is 4.44. The first-order chi connectivity index (χ1) is 11.8. The first kappa shape index (κ1) is 15.8.